The number of benzene rings is 1. The van der Waals surface area contributed by atoms with Crippen molar-refractivity contribution in [2.24, 2.45) is 0 Å². The molecule has 1 rings (SSSR count). The van der Waals surface area contributed by atoms with Crippen LogP contribution in [-0.4, -0.2) is 31.4 Å². The first-order valence-corrected chi connectivity index (χ1v) is 5.83. The Bertz CT molecular complexity index is 394. The quantitative estimate of drug-likeness (QED) is 0.873. The van der Waals surface area contributed by atoms with Crippen LogP contribution in [0.5, 0.6) is 5.75 Å². The second-order valence-electron chi connectivity index (χ2n) is 5.28. The summed E-state index contributed by atoms with van der Waals surface area (Å²) in [7, 11) is 3.64. The molecule has 1 aromatic rings. The molecule has 1 N–H and O–H groups in total. The number of ether oxygens (including phenoxy) is 1. The highest BCUT2D eigenvalue weighted by atomic mass is 16.5. The first kappa shape index (κ1) is 13.8. The zero-order valence-corrected chi connectivity index (χ0v) is 11.7. The van der Waals surface area contributed by atoms with E-state index in [0.29, 0.717) is 6.54 Å². The molecule has 0 unspecified atom stereocenters. The van der Waals surface area contributed by atoms with Crippen molar-refractivity contribution in [1.29, 1.82) is 0 Å². The second-order valence-corrected chi connectivity index (χ2v) is 5.28. The van der Waals surface area contributed by atoms with Gasteiger partial charge in [0.05, 0.1) is 18.4 Å². The summed E-state index contributed by atoms with van der Waals surface area (Å²) in [5.41, 5.74) is 2.72. The molecule has 0 aliphatic rings. The van der Waals surface area contributed by atoms with E-state index >= 15 is 0 Å². The molecule has 3 nitrogen and oxygen atoms in total. The van der Waals surface area contributed by atoms with Crippen LogP contribution in [0, 0.1) is 13.8 Å². The van der Waals surface area contributed by atoms with Crippen molar-refractivity contribution in [1.82, 2.24) is 0 Å². The molecule has 3 heteroatoms. The van der Waals surface area contributed by atoms with Gasteiger partial charge in [0.25, 0.3) is 0 Å². The highest BCUT2D eigenvalue weighted by Crippen LogP contribution is 2.31. The number of aryl methyl sites for hydroxylation is 2. The van der Waals surface area contributed by atoms with Crippen LogP contribution in [0.1, 0.15) is 25.0 Å². The zero-order valence-electron chi connectivity index (χ0n) is 11.7. The van der Waals surface area contributed by atoms with Crippen LogP contribution in [0.25, 0.3) is 0 Å². The van der Waals surface area contributed by atoms with Gasteiger partial charge in [-0.1, -0.05) is 0 Å². The van der Waals surface area contributed by atoms with Gasteiger partial charge in [-0.05, 0) is 51.0 Å². The van der Waals surface area contributed by atoms with Crippen molar-refractivity contribution in [3.63, 3.8) is 0 Å². The summed E-state index contributed by atoms with van der Waals surface area (Å²) in [5, 5.41) is 9.85. The Kier molecular flexibility index (Phi) is 4.04. The SMILES string of the molecule is COc1cc(C)c(C)cc1N(C)CC(C)(C)O. The fourth-order valence-corrected chi connectivity index (χ4v) is 1.90. The molecule has 0 aliphatic carbocycles. The van der Waals surface area contributed by atoms with Gasteiger partial charge >= 0.3 is 0 Å². The van der Waals surface area contributed by atoms with Crippen LogP contribution < -0.4 is 9.64 Å². The molecular weight excluding hydrogens is 214 g/mol. The van der Waals surface area contributed by atoms with Gasteiger partial charge in [-0.25, -0.2) is 0 Å². The van der Waals surface area contributed by atoms with Crippen molar-refractivity contribution in [2.45, 2.75) is 33.3 Å². The maximum atomic E-state index is 9.85. The molecule has 0 heterocycles. The Morgan fingerprint density at radius 2 is 1.76 bits per heavy atom. The first-order valence-electron chi connectivity index (χ1n) is 5.83. The van der Waals surface area contributed by atoms with E-state index in [0.717, 1.165) is 11.4 Å². The molecule has 0 saturated carbocycles. The van der Waals surface area contributed by atoms with Gasteiger partial charge in [-0.2, -0.15) is 0 Å². The Morgan fingerprint density at radius 3 is 2.24 bits per heavy atom. The molecule has 0 atom stereocenters. The number of methoxy groups -OCH3 is 1. The van der Waals surface area contributed by atoms with Crippen LogP contribution in [0.2, 0.25) is 0 Å². The number of nitrogens with zero attached hydrogens (tertiary/aromatic N) is 1. The van der Waals surface area contributed by atoms with E-state index in [9.17, 15) is 5.11 Å². The monoisotopic (exact) mass is 237 g/mol. The lowest BCUT2D eigenvalue weighted by Crippen LogP contribution is -2.36. The van der Waals surface area contributed by atoms with E-state index in [-0.39, 0.29) is 0 Å². The maximum absolute atomic E-state index is 9.85. The molecule has 0 fully saturated rings. The third kappa shape index (κ3) is 3.63. The fourth-order valence-electron chi connectivity index (χ4n) is 1.90. The standard InChI is InChI=1S/C14H23NO2/c1-10-7-12(13(17-6)8-11(10)2)15(5)9-14(3,4)16/h7-8,16H,9H2,1-6H3. The highest BCUT2D eigenvalue weighted by molar-refractivity contribution is 5.61. The average molecular weight is 237 g/mol. The molecule has 0 bridgehead atoms. The lowest BCUT2D eigenvalue weighted by molar-refractivity contribution is 0.0885. The number of hydrogen-bond acceptors (Lipinski definition) is 3. The summed E-state index contributed by atoms with van der Waals surface area (Å²) < 4.78 is 5.39. The van der Waals surface area contributed by atoms with Gasteiger partial charge in [-0.3, -0.25) is 0 Å². The minimum Gasteiger partial charge on any atom is -0.495 e. The number of hydrogen-bond donors (Lipinski definition) is 1. The van der Waals surface area contributed by atoms with Crippen molar-refractivity contribution >= 4 is 5.69 Å². The maximum Gasteiger partial charge on any atom is 0.142 e. The molecular formula is C14H23NO2. The number of likely N-dealkylation sites (N-methyl/N-ethyl adjacent to an activating group) is 1. The van der Waals surface area contributed by atoms with Crippen molar-refractivity contribution in [3.8, 4) is 5.75 Å². The molecule has 1 aromatic carbocycles. The van der Waals surface area contributed by atoms with E-state index < -0.39 is 5.60 Å². The van der Waals surface area contributed by atoms with Crippen LogP contribution in [0.4, 0.5) is 5.69 Å². The lowest BCUT2D eigenvalue weighted by Gasteiger charge is -2.29. The predicted molar refractivity (Wildman–Crippen MR) is 72.0 cm³/mol. The van der Waals surface area contributed by atoms with Gasteiger partial charge in [0.1, 0.15) is 5.75 Å². The number of aliphatic hydroxyl groups is 1. The summed E-state index contributed by atoms with van der Waals surface area (Å²) in [5.74, 6) is 0.847. The fraction of sp³-hybridized carbons (Fsp3) is 0.571. The van der Waals surface area contributed by atoms with E-state index in [1.165, 1.54) is 11.1 Å². The van der Waals surface area contributed by atoms with Gasteiger partial charge in [-0.15, -0.1) is 0 Å². The average Bonchev–Trinajstić information content (AvgIpc) is 2.18. The van der Waals surface area contributed by atoms with Gasteiger partial charge < -0.3 is 14.7 Å². The minimum atomic E-state index is -0.724. The van der Waals surface area contributed by atoms with Crippen LogP contribution in [-0.2, 0) is 0 Å². The summed E-state index contributed by atoms with van der Waals surface area (Å²) in [6.45, 7) is 8.31. The third-order valence-electron chi connectivity index (χ3n) is 2.83. The Morgan fingerprint density at radius 1 is 1.24 bits per heavy atom. The molecule has 0 radical (unpaired) electrons. The number of rotatable bonds is 4. The van der Waals surface area contributed by atoms with Crippen LogP contribution in [0.3, 0.4) is 0 Å². The van der Waals surface area contributed by atoms with E-state index in [1.807, 2.05) is 18.0 Å². The van der Waals surface area contributed by atoms with Crippen LogP contribution >= 0.6 is 0 Å². The normalized spacial score (nSPS) is 11.5. The molecule has 0 spiro atoms. The Balaban J connectivity index is 3.08. The smallest absolute Gasteiger partial charge is 0.142 e. The molecule has 0 saturated heterocycles. The number of anilines is 1. The molecule has 0 aromatic heterocycles. The zero-order chi connectivity index (χ0) is 13.2. The Hall–Kier alpha value is -1.22. The van der Waals surface area contributed by atoms with Crippen molar-refractivity contribution in [2.75, 3.05) is 25.6 Å². The van der Waals surface area contributed by atoms with Crippen molar-refractivity contribution in [3.05, 3.63) is 23.3 Å². The predicted octanol–water partition coefficient (Wildman–Crippen LogP) is 2.52. The Labute approximate surface area is 104 Å². The molecule has 17 heavy (non-hydrogen) atoms. The lowest BCUT2D eigenvalue weighted by atomic mass is 10.1. The van der Waals surface area contributed by atoms with E-state index in [2.05, 4.69) is 19.9 Å². The van der Waals surface area contributed by atoms with Gasteiger partial charge in [0, 0.05) is 13.6 Å². The third-order valence-corrected chi connectivity index (χ3v) is 2.83. The van der Waals surface area contributed by atoms with E-state index in [4.69, 9.17) is 4.74 Å². The minimum absolute atomic E-state index is 0.561. The summed E-state index contributed by atoms with van der Waals surface area (Å²) in [6, 6.07) is 4.13. The van der Waals surface area contributed by atoms with Crippen molar-refractivity contribution < 1.29 is 9.84 Å². The molecule has 0 aliphatic heterocycles. The van der Waals surface area contributed by atoms with Gasteiger partial charge in [0.2, 0.25) is 0 Å². The molecule has 96 valence electrons. The topological polar surface area (TPSA) is 32.7 Å². The highest BCUT2D eigenvalue weighted by Gasteiger charge is 2.18. The molecule has 0 amide bonds. The van der Waals surface area contributed by atoms with Crippen LogP contribution in [0.15, 0.2) is 12.1 Å². The van der Waals surface area contributed by atoms with E-state index in [1.54, 1.807) is 21.0 Å². The second kappa shape index (κ2) is 4.96. The van der Waals surface area contributed by atoms with Gasteiger partial charge in [0.15, 0.2) is 0 Å². The summed E-state index contributed by atoms with van der Waals surface area (Å²) in [4.78, 5) is 2.02. The first-order chi connectivity index (χ1) is 7.74. The summed E-state index contributed by atoms with van der Waals surface area (Å²) in [6.07, 6.45) is 0. The summed E-state index contributed by atoms with van der Waals surface area (Å²) >= 11 is 0. The largest absolute Gasteiger partial charge is 0.495 e.